The summed E-state index contributed by atoms with van der Waals surface area (Å²) in [5, 5.41) is 20.3. The van der Waals surface area contributed by atoms with Gasteiger partial charge in [0.15, 0.2) is 0 Å². The molecule has 2 heterocycles. The van der Waals surface area contributed by atoms with E-state index < -0.39 is 24.2 Å². The van der Waals surface area contributed by atoms with Crippen molar-refractivity contribution in [2.75, 3.05) is 31.1 Å². The van der Waals surface area contributed by atoms with Gasteiger partial charge in [-0.2, -0.15) is 13.2 Å². The van der Waals surface area contributed by atoms with E-state index >= 15 is 0 Å². The number of hydrogen-bond acceptors (Lipinski definition) is 5. The van der Waals surface area contributed by atoms with Crippen LogP contribution in [0, 0.1) is 0 Å². The number of nitrogens with zero attached hydrogens (tertiary/aromatic N) is 3. The second kappa shape index (κ2) is 7.72. The van der Waals surface area contributed by atoms with E-state index in [-0.39, 0.29) is 6.17 Å². The largest absolute Gasteiger partial charge is 0.416 e. The predicted octanol–water partition coefficient (Wildman–Crippen LogP) is 2.30. The zero-order valence-corrected chi connectivity index (χ0v) is 14.9. The van der Waals surface area contributed by atoms with E-state index in [1.807, 2.05) is 11.8 Å². The molecule has 1 aromatic carbocycles. The maximum Gasteiger partial charge on any atom is 0.416 e. The molecule has 3 rings (SSSR count). The average molecular weight is 373 g/mol. The van der Waals surface area contributed by atoms with E-state index in [1.165, 1.54) is 12.1 Å². The van der Waals surface area contributed by atoms with Gasteiger partial charge in [-0.05, 0) is 37.5 Å². The Morgan fingerprint density at radius 3 is 2.23 bits per heavy atom. The zero-order valence-electron chi connectivity index (χ0n) is 14.9. The number of anilines is 1. The van der Waals surface area contributed by atoms with Gasteiger partial charge < -0.3 is 15.1 Å². The van der Waals surface area contributed by atoms with Gasteiger partial charge in [-0.3, -0.25) is 4.90 Å². The van der Waals surface area contributed by atoms with Crippen LogP contribution in [0.2, 0.25) is 0 Å². The minimum atomic E-state index is -4.34. The highest BCUT2D eigenvalue weighted by Gasteiger charge is 2.39. The molecule has 0 saturated carbocycles. The molecule has 5 nitrogen and oxygen atoms in total. The lowest BCUT2D eigenvalue weighted by molar-refractivity contribution is -0.137. The Hall–Kier alpha value is -1.35. The lowest BCUT2D eigenvalue weighted by Crippen LogP contribution is -2.58. The topological polar surface area (TPSA) is 50.2 Å². The summed E-state index contributed by atoms with van der Waals surface area (Å²) in [7, 11) is 0. The van der Waals surface area contributed by atoms with Crippen LogP contribution in [0.5, 0.6) is 0 Å². The molecule has 2 aliphatic rings. The van der Waals surface area contributed by atoms with Gasteiger partial charge in [0.25, 0.3) is 0 Å². The van der Waals surface area contributed by atoms with Crippen molar-refractivity contribution in [3.05, 3.63) is 29.8 Å². The molecular weight excluding hydrogens is 347 g/mol. The van der Waals surface area contributed by atoms with Gasteiger partial charge in [-0.25, -0.2) is 4.90 Å². The minimum absolute atomic E-state index is 0.0637. The lowest BCUT2D eigenvalue weighted by atomic mass is 10.1. The highest BCUT2D eigenvalue weighted by molar-refractivity contribution is 5.49. The Balaban J connectivity index is 1.65. The van der Waals surface area contributed by atoms with Crippen molar-refractivity contribution in [2.45, 2.75) is 51.0 Å². The van der Waals surface area contributed by atoms with Crippen LogP contribution in [-0.2, 0) is 6.18 Å². The lowest BCUT2D eigenvalue weighted by Gasteiger charge is -2.44. The van der Waals surface area contributed by atoms with Crippen LogP contribution in [0.1, 0.15) is 31.7 Å². The number of rotatable bonds is 4. The van der Waals surface area contributed by atoms with Crippen LogP contribution in [-0.4, -0.2) is 64.8 Å². The van der Waals surface area contributed by atoms with Gasteiger partial charge in [-0.1, -0.05) is 13.0 Å². The molecule has 0 aliphatic carbocycles. The van der Waals surface area contributed by atoms with Crippen LogP contribution in [0.4, 0.5) is 18.9 Å². The summed E-state index contributed by atoms with van der Waals surface area (Å²) >= 11 is 0. The molecule has 0 bridgehead atoms. The highest BCUT2D eigenvalue weighted by atomic mass is 19.4. The van der Waals surface area contributed by atoms with E-state index in [0.29, 0.717) is 44.7 Å². The molecule has 0 amide bonds. The molecular formula is C18H26F3N3O2. The third kappa shape index (κ3) is 3.98. The maximum atomic E-state index is 12.9. The van der Waals surface area contributed by atoms with Crippen LogP contribution < -0.4 is 4.90 Å². The Morgan fingerprint density at radius 1 is 1.08 bits per heavy atom. The fourth-order valence-corrected chi connectivity index (χ4v) is 4.01. The van der Waals surface area contributed by atoms with Gasteiger partial charge in [0.1, 0.15) is 12.5 Å². The second-order valence-corrected chi connectivity index (χ2v) is 6.95. The number of halogens is 3. The van der Waals surface area contributed by atoms with Crippen LogP contribution in [0.15, 0.2) is 24.3 Å². The van der Waals surface area contributed by atoms with Crippen molar-refractivity contribution in [1.82, 2.24) is 9.80 Å². The molecule has 8 heteroatoms. The minimum Gasteiger partial charge on any atom is -0.378 e. The number of benzene rings is 1. The fourth-order valence-electron chi connectivity index (χ4n) is 4.01. The van der Waals surface area contributed by atoms with Crippen LogP contribution in [0.3, 0.4) is 0 Å². The summed E-state index contributed by atoms with van der Waals surface area (Å²) in [6.45, 7) is 4.58. The molecule has 0 spiro atoms. The van der Waals surface area contributed by atoms with Gasteiger partial charge >= 0.3 is 6.18 Å². The predicted molar refractivity (Wildman–Crippen MR) is 92.4 cm³/mol. The zero-order chi connectivity index (χ0) is 18.9. The molecule has 2 aliphatic heterocycles. The Labute approximate surface area is 151 Å². The third-order valence-corrected chi connectivity index (χ3v) is 5.36. The van der Waals surface area contributed by atoms with Crippen molar-refractivity contribution < 1.29 is 23.4 Å². The van der Waals surface area contributed by atoms with Gasteiger partial charge in [0, 0.05) is 31.9 Å². The number of aliphatic hydroxyl groups excluding tert-OH is 2. The number of piperazine rings is 1. The molecule has 26 heavy (non-hydrogen) atoms. The normalized spacial score (nSPS) is 27.1. The Kier molecular flexibility index (Phi) is 5.76. The quantitative estimate of drug-likeness (QED) is 0.848. The number of alkyl halides is 3. The second-order valence-electron chi connectivity index (χ2n) is 6.95. The summed E-state index contributed by atoms with van der Waals surface area (Å²) in [4.78, 5) is 5.90. The Morgan fingerprint density at radius 2 is 1.69 bits per heavy atom. The standard InChI is InChI=1S/C18H26F3N3O2/c1-2-15(24-16(25)6-7-17(24)26)23-10-8-22(9-11-23)14-5-3-4-13(12-14)18(19,20)21/h3-5,12,15-17,25-26H,2,6-11H2,1H3. The van der Waals surface area contributed by atoms with Crippen molar-refractivity contribution in [2.24, 2.45) is 0 Å². The van der Waals surface area contributed by atoms with E-state index in [1.54, 1.807) is 11.0 Å². The first-order chi connectivity index (χ1) is 12.3. The molecule has 2 N–H and O–H groups in total. The Bertz CT molecular complexity index is 596. The van der Waals surface area contributed by atoms with Crippen LogP contribution in [0.25, 0.3) is 0 Å². The third-order valence-electron chi connectivity index (χ3n) is 5.36. The van der Waals surface area contributed by atoms with E-state index in [2.05, 4.69) is 4.90 Å². The summed E-state index contributed by atoms with van der Waals surface area (Å²) in [6.07, 6.45) is -3.81. The molecule has 3 unspecified atom stereocenters. The molecule has 1 aromatic rings. The number of hydrogen-bond donors (Lipinski definition) is 2. The average Bonchev–Trinajstić information content (AvgIpc) is 2.95. The van der Waals surface area contributed by atoms with Crippen molar-refractivity contribution in [3.63, 3.8) is 0 Å². The van der Waals surface area contributed by atoms with Crippen molar-refractivity contribution >= 4 is 5.69 Å². The first-order valence-electron chi connectivity index (χ1n) is 9.11. The first-order valence-corrected chi connectivity index (χ1v) is 9.11. The SMILES string of the molecule is CCC(N1CCN(c2cccc(C(F)(F)F)c2)CC1)N1C(O)CCC1O. The summed E-state index contributed by atoms with van der Waals surface area (Å²) in [5.74, 6) is 0. The number of aliphatic hydroxyl groups is 2. The van der Waals surface area contributed by atoms with E-state index in [9.17, 15) is 23.4 Å². The van der Waals surface area contributed by atoms with Gasteiger partial charge in [0.2, 0.25) is 0 Å². The molecule has 0 aromatic heterocycles. The van der Waals surface area contributed by atoms with E-state index in [0.717, 1.165) is 12.5 Å². The van der Waals surface area contributed by atoms with Gasteiger partial charge in [0.05, 0.1) is 11.7 Å². The number of likely N-dealkylation sites (tertiary alicyclic amines) is 1. The molecule has 2 saturated heterocycles. The first kappa shape index (κ1) is 19.4. The molecule has 146 valence electrons. The maximum absolute atomic E-state index is 12.9. The summed E-state index contributed by atoms with van der Waals surface area (Å²) in [5.41, 5.74) is -0.0547. The molecule has 3 atom stereocenters. The molecule has 2 fully saturated rings. The smallest absolute Gasteiger partial charge is 0.378 e. The fraction of sp³-hybridized carbons (Fsp3) is 0.667. The highest BCUT2D eigenvalue weighted by Crippen LogP contribution is 2.32. The van der Waals surface area contributed by atoms with Crippen LogP contribution >= 0.6 is 0 Å². The molecule has 0 radical (unpaired) electrons. The summed E-state index contributed by atoms with van der Waals surface area (Å²) < 4.78 is 38.7. The van der Waals surface area contributed by atoms with Crippen molar-refractivity contribution in [1.29, 1.82) is 0 Å². The van der Waals surface area contributed by atoms with E-state index in [4.69, 9.17) is 0 Å². The van der Waals surface area contributed by atoms with Gasteiger partial charge in [-0.15, -0.1) is 0 Å². The monoisotopic (exact) mass is 373 g/mol. The van der Waals surface area contributed by atoms with Crippen molar-refractivity contribution in [3.8, 4) is 0 Å². The summed E-state index contributed by atoms with van der Waals surface area (Å²) in [6, 6.07) is 5.43.